The number of aromatic nitrogens is 6. The number of pyridine rings is 1. The molecule has 0 saturated heterocycles. The number of imidazole rings is 1. The van der Waals surface area contributed by atoms with Crippen molar-refractivity contribution in [1.82, 2.24) is 29.7 Å². The van der Waals surface area contributed by atoms with Crippen molar-refractivity contribution in [3.8, 4) is 21.8 Å². The van der Waals surface area contributed by atoms with Crippen molar-refractivity contribution in [2.24, 2.45) is 0 Å². The van der Waals surface area contributed by atoms with Crippen LogP contribution in [0.1, 0.15) is 54.0 Å². The van der Waals surface area contributed by atoms with Gasteiger partial charge in [-0.1, -0.05) is 0 Å². The van der Waals surface area contributed by atoms with Crippen molar-refractivity contribution >= 4 is 17.1 Å². The first kappa shape index (κ1) is 20.8. The van der Waals surface area contributed by atoms with Gasteiger partial charge in [-0.2, -0.15) is 5.10 Å². The van der Waals surface area contributed by atoms with Gasteiger partial charge in [0.2, 0.25) is 0 Å². The van der Waals surface area contributed by atoms with E-state index in [4.69, 9.17) is 10.1 Å². The van der Waals surface area contributed by atoms with Gasteiger partial charge in [0, 0.05) is 47.4 Å². The molecule has 0 saturated carbocycles. The number of carbonyl (C=O) groups excluding carboxylic acids is 1. The van der Waals surface area contributed by atoms with E-state index in [1.54, 1.807) is 23.9 Å². The molecule has 0 unspecified atom stereocenters. The molecule has 0 amide bonds. The van der Waals surface area contributed by atoms with Gasteiger partial charge in [-0.3, -0.25) is 14.5 Å². The maximum absolute atomic E-state index is 12.6. The first-order chi connectivity index (χ1) is 15.5. The lowest BCUT2D eigenvalue weighted by Crippen LogP contribution is -2.09. The highest BCUT2D eigenvalue weighted by atomic mass is 32.1. The number of carbonyl (C=O) groups is 1. The van der Waals surface area contributed by atoms with Crippen molar-refractivity contribution in [2.45, 2.75) is 58.9 Å². The molecular weight excluding hydrogens is 420 g/mol. The van der Waals surface area contributed by atoms with Crippen molar-refractivity contribution in [1.29, 1.82) is 0 Å². The average Bonchev–Trinajstić information content (AvgIpc) is 3.50. The number of nitrogens with zero attached hydrogens (tertiary/aromatic N) is 5. The third-order valence-corrected chi connectivity index (χ3v) is 6.93. The molecule has 4 aromatic heterocycles. The first-order valence-electron chi connectivity index (χ1n) is 11.0. The number of aromatic amines is 1. The Morgan fingerprint density at radius 1 is 1.25 bits per heavy atom. The van der Waals surface area contributed by atoms with Gasteiger partial charge in [0.1, 0.15) is 10.8 Å². The monoisotopic (exact) mass is 446 g/mol. The second kappa shape index (κ2) is 8.43. The number of thiazole rings is 1. The van der Waals surface area contributed by atoms with Gasteiger partial charge in [-0.05, 0) is 52.2 Å². The van der Waals surface area contributed by atoms with E-state index in [2.05, 4.69) is 39.5 Å². The molecule has 0 aliphatic heterocycles. The predicted octanol–water partition coefficient (Wildman–Crippen LogP) is 4.52. The number of Topliss-reactive ketones (excluding diaryl/α,β-unsaturated/α-hetero) is 1. The number of ketones is 1. The molecule has 7 nitrogen and oxygen atoms in total. The Labute approximate surface area is 191 Å². The Hall–Kier alpha value is -3.13. The minimum atomic E-state index is 0.203. The van der Waals surface area contributed by atoms with Gasteiger partial charge >= 0.3 is 0 Å². The Morgan fingerprint density at radius 2 is 2.12 bits per heavy atom. The molecule has 1 aliphatic rings. The topological polar surface area (TPSA) is 89.4 Å². The van der Waals surface area contributed by atoms with E-state index in [1.165, 1.54) is 5.56 Å². The summed E-state index contributed by atoms with van der Waals surface area (Å²) in [6.45, 7) is 6.30. The van der Waals surface area contributed by atoms with Gasteiger partial charge in [0.05, 0.1) is 34.7 Å². The zero-order chi connectivity index (χ0) is 22.2. The Kier molecular flexibility index (Phi) is 5.46. The van der Waals surface area contributed by atoms with Crippen LogP contribution in [0.3, 0.4) is 0 Å². The van der Waals surface area contributed by atoms with Gasteiger partial charge in [0.25, 0.3) is 0 Å². The number of rotatable bonds is 7. The lowest BCUT2D eigenvalue weighted by molar-refractivity contribution is -0.118. The summed E-state index contributed by atoms with van der Waals surface area (Å²) in [5, 5.41) is 5.89. The number of nitrogens with one attached hydrogen (secondary N) is 1. The molecule has 1 aliphatic carbocycles. The Balaban J connectivity index is 1.44. The van der Waals surface area contributed by atoms with Crippen molar-refractivity contribution in [3.05, 3.63) is 58.5 Å². The highest BCUT2D eigenvalue weighted by Crippen LogP contribution is 2.43. The minimum absolute atomic E-state index is 0.203. The number of fused-ring (bicyclic) bond motifs is 3. The van der Waals surface area contributed by atoms with Crippen LogP contribution in [0.5, 0.6) is 0 Å². The third kappa shape index (κ3) is 3.90. The molecule has 0 atom stereocenters. The summed E-state index contributed by atoms with van der Waals surface area (Å²) in [7, 11) is 0. The van der Waals surface area contributed by atoms with Crippen LogP contribution in [0.15, 0.2) is 30.9 Å². The molecule has 8 heteroatoms. The highest BCUT2D eigenvalue weighted by molar-refractivity contribution is 7.15. The standard InChI is InChI=1S/C24H26N6OS/c1-14(2)30-23-19(22(29-30)16-5-4-15(3)26-11-16)8-9-20-24(23)32-21(28-20)10-18(31)7-6-17-12-25-13-27-17/h4-5,11-14H,6-10H2,1-3H3,(H,25,27). The lowest BCUT2D eigenvalue weighted by atomic mass is 9.95. The largest absolute Gasteiger partial charge is 0.348 e. The molecule has 0 radical (unpaired) electrons. The Morgan fingerprint density at radius 3 is 2.84 bits per heavy atom. The fourth-order valence-corrected chi connectivity index (χ4v) is 5.39. The van der Waals surface area contributed by atoms with Crippen LogP contribution in [0.2, 0.25) is 0 Å². The molecule has 32 heavy (non-hydrogen) atoms. The molecule has 0 aromatic carbocycles. The van der Waals surface area contributed by atoms with Crippen LogP contribution >= 0.6 is 11.3 Å². The van der Waals surface area contributed by atoms with Gasteiger partial charge < -0.3 is 4.98 Å². The fourth-order valence-electron chi connectivity index (χ4n) is 4.19. The summed E-state index contributed by atoms with van der Waals surface area (Å²) >= 11 is 1.64. The predicted molar refractivity (Wildman–Crippen MR) is 125 cm³/mol. The number of H-pyrrole nitrogens is 1. The molecule has 1 N–H and O–H groups in total. The van der Waals surface area contributed by atoms with Crippen LogP contribution < -0.4 is 0 Å². The first-order valence-corrected chi connectivity index (χ1v) is 11.8. The number of aryl methyl sites for hydroxylation is 3. The summed E-state index contributed by atoms with van der Waals surface area (Å²) < 4.78 is 2.12. The fraction of sp³-hybridized carbons (Fsp3) is 0.375. The average molecular weight is 447 g/mol. The maximum atomic E-state index is 12.6. The van der Waals surface area contributed by atoms with Crippen LogP contribution in [0.25, 0.3) is 21.8 Å². The van der Waals surface area contributed by atoms with Crippen molar-refractivity contribution < 1.29 is 4.79 Å². The second-order valence-electron chi connectivity index (χ2n) is 8.58. The summed E-state index contributed by atoms with van der Waals surface area (Å²) in [5.41, 5.74) is 7.56. The van der Waals surface area contributed by atoms with Crippen molar-refractivity contribution in [3.63, 3.8) is 0 Å². The van der Waals surface area contributed by atoms with E-state index < -0.39 is 0 Å². The van der Waals surface area contributed by atoms with Gasteiger partial charge in [0.15, 0.2) is 0 Å². The molecule has 0 spiro atoms. The van der Waals surface area contributed by atoms with Crippen LogP contribution in [0, 0.1) is 6.92 Å². The van der Waals surface area contributed by atoms with E-state index in [1.807, 2.05) is 19.2 Å². The van der Waals surface area contributed by atoms with Gasteiger partial charge in [-0.25, -0.2) is 9.97 Å². The summed E-state index contributed by atoms with van der Waals surface area (Å²) in [4.78, 5) is 30.1. The van der Waals surface area contributed by atoms with E-state index in [0.717, 1.165) is 56.8 Å². The minimum Gasteiger partial charge on any atom is -0.348 e. The number of hydrogen-bond donors (Lipinski definition) is 1. The van der Waals surface area contributed by atoms with Gasteiger partial charge in [-0.15, -0.1) is 11.3 Å². The van der Waals surface area contributed by atoms with Crippen LogP contribution in [0.4, 0.5) is 0 Å². The lowest BCUT2D eigenvalue weighted by Gasteiger charge is -2.16. The molecule has 5 rings (SSSR count). The summed E-state index contributed by atoms with van der Waals surface area (Å²) in [6.07, 6.45) is 8.65. The quantitative estimate of drug-likeness (QED) is 0.451. The maximum Gasteiger partial charge on any atom is 0.140 e. The zero-order valence-corrected chi connectivity index (χ0v) is 19.4. The molecular formula is C24H26N6OS. The number of hydrogen-bond acceptors (Lipinski definition) is 6. The van der Waals surface area contributed by atoms with Crippen molar-refractivity contribution in [2.75, 3.05) is 0 Å². The van der Waals surface area contributed by atoms with E-state index in [-0.39, 0.29) is 11.8 Å². The SMILES string of the molecule is Cc1ccc(-c2nn(C(C)C)c3c2CCc2nc(CC(=O)CCc4cnc[nH]4)sc2-3)cn1. The van der Waals surface area contributed by atoms with E-state index >= 15 is 0 Å². The van der Waals surface area contributed by atoms with Crippen LogP contribution in [-0.2, 0) is 30.5 Å². The smallest absolute Gasteiger partial charge is 0.140 e. The highest BCUT2D eigenvalue weighted by Gasteiger charge is 2.30. The molecule has 164 valence electrons. The van der Waals surface area contributed by atoms with E-state index in [9.17, 15) is 4.79 Å². The molecule has 4 heterocycles. The Bertz CT molecular complexity index is 1250. The third-order valence-electron chi connectivity index (χ3n) is 5.83. The van der Waals surface area contributed by atoms with Crippen LogP contribution in [-0.4, -0.2) is 35.5 Å². The molecule has 0 fully saturated rings. The molecule has 4 aromatic rings. The molecule has 0 bridgehead atoms. The summed E-state index contributed by atoms with van der Waals surface area (Å²) in [5.74, 6) is 0.203. The normalized spacial score (nSPS) is 12.8. The summed E-state index contributed by atoms with van der Waals surface area (Å²) in [6, 6.07) is 4.36. The van der Waals surface area contributed by atoms with E-state index in [0.29, 0.717) is 19.3 Å². The second-order valence-corrected chi connectivity index (χ2v) is 9.66. The zero-order valence-electron chi connectivity index (χ0n) is 18.6.